The fourth-order valence-electron chi connectivity index (χ4n) is 3.38. The van der Waals surface area contributed by atoms with Gasteiger partial charge in [0.2, 0.25) is 5.76 Å². The van der Waals surface area contributed by atoms with Gasteiger partial charge in [-0.25, -0.2) is 9.48 Å². The molecule has 34 heavy (non-hydrogen) atoms. The van der Waals surface area contributed by atoms with E-state index in [2.05, 4.69) is 10.4 Å². The monoisotopic (exact) mass is 459 g/mol. The minimum Gasteiger partial charge on any atom is -0.486 e. The number of carbonyl (C=O) groups excluding carboxylic acids is 2. The molecule has 4 aromatic rings. The van der Waals surface area contributed by atoms with E-state index in [4.69, 9.17) is 13.9 Å². The second-order valence-electron chi connectivity index (χ2n) is 7.79. The molecule has 8 nitrogen and oxygen atoms in total. The van der Waals surface area contributed by atoms with Crippen molar-refractivity contribution in [3.8, 4) is 11.4 Å². The van der Waals surface area contributed by atoms with Crippen LogP contribution in [-0.4, -0.2) is 28.3 Å². The molecule has 2 heterocycles. The third-order valence-electron chi connectivity index (χ3n) is 5.16. The number of benzene rings is 2. The van der Waals surface area contributed by atoms with Crippen LogP contribution in [0.4, 0.5) is 5.69 Å². The quantitative estimate of drug-likeness (QED) is 0.382. The van der Waals surface area contributed by atoms with Crippen LogP contribution < -0.4 is 10.1 Å². The van der Waals surface area contributed by atoms with Crippen molar-refractivity contribution in [2.45, 2.75) is 27.4 Å². The molecule has 0 atom stereocenters. The molecule has 0 aliphatic rings. The highest BCUT2D eigenvalue weighted by Crippen LogP contribution is 2.23. The lowest BCUT2D eigenvalue weighted by Gasteiger charge is -2.08. The first-order valence-electron chi connectivity index (χ1n) is 10.8. The largest absolute Gasteiger partial charge is 0.486 e. The molecule has 0 bridgehead atoms. The number of anilines is 1. The molecule has 1 amide bonds. The summed E-state index contributed by atoms with van der Waals surface area (Å²) in [6.45, 7) is 5.40. The summed E-state index contributed by atoms with van der Waals surface area (Å²) in [7, 11) is 0. The maximum atomic E-state index is 12.4. The number of ether oxygens (including phenoxy) is 2. The van der Waals surface area contributed by atoms with Gasteiger partial charge < -0.3 is 19.2 Å². The Labute approximate surface area is 197 Å². The predicted octanol–water partition coefficient (Wildman–Crippen LogP) is 4.77. The average molecular weight is 460 g/mol. The number of hydrogen-bond donors (Lipinski definition) is 1. The van der Waals surface area contributed by atoms with Crippen LogP contribution >= 0.6 is 0 Å². The molecule has 0 radical (unpaired) electrons. The molecule has 0 unspecified atom stereocenters. The second-order valence-corrected chi connectivity index (χ2v) is 7.79. The summed E-state index contributed by atoms with van der Waals surface area (Å²) in [6, 6.07) is 20.3. The third kappa shape index (κ3) is 5.35. The molecule has 4 rings (SSSR count). The number of aryl methyl sites for hydroxylation is 2. The molecule has 174 valence electrons. The van der Waals surface area contributed by atoms with E-state index in [0.717, 1.165) is 16.9 Å². The first-order chi connectivity index (χ1) is 16.4. The molecular formula is C26H25N3O5. The molecule has 0 aliphatic carbocycles. The maximum Gasteiger partial charge on any atom is 0.374 e. The van der Waals surface area contributed by atoms with Gasteiger partial charge in [0.25, 0.3) is 5.91 Å². The summed E-state index contributed by atoms with van der Waals surface area (Å²) in [6.07, 6.45) is 0. The zero-order valence-corrected chi connectivity index (χ0v) is 19.2. The number of aromatic nitrogens is 2. The molecule has 0 saturated heterocycles. The lowest BCUT2D eigenvalue weighted by atomic mass is 10.2. The molecule has 2 aromatic heterocycles. The Hall–Kier alpha value is -4.33. The minimum absolute atomic E-state index is 0.000914. The van der Waals surface area contributed by atoms with Crippen LogP contribution in [0.1, 0.15) is 33.3 Å². The Balaban J connectivity index is 1.31. The molecule has 0 fully saturated rings. The Morgan fingerprint density at radius 1 is 0.971 bits per heavy atom. The van der Waals surface area contributed by atoms with E-state index < -0.39 is 18.5 Å². The van der Waals surface area contributed by atoms with Gasteiger partial charge in [-0.1, -0.05) is 35.9 Å². The van der Waals surface area contributed by atoms with Gasteiger partial charge in [-0.3, -0.25) is 4.79 Å². The molecule has 2 aromatic carbocycles. The van der Waals surface area contributed by atoms with Crippen LogP contribution in [0.15, 0.2) is 71.1 Å². The SMILES string of the molecule is Cc1ccc(-n2nc(C)c(NC(=O)COC(=O)c3ccc(COc4ccccc4)o3)c2C)cc1. The first kappa shape index (κ1) is 22.8. The predicted molar refractivity (Wildman–Crippen MR) is 126 cm³/mol. The maximum absolute atomic E-state index is 12.4. The van der Waals surface area contributed by atoms with Crippen molar-refractivity contribution in [1.29, 1.82) is 0 Å². The van der Waals surface area contributed by atoms with E-state index in [9.17, 15) is 9.59 Å². The number of hydrogen-bond acceptors (Lipinski definition) is 6. The summed E-state index contributed by atoms with van der Waals surface area (Å²) in [5.74, 6) is -0.0443. The van der Waals surface area contributed by atoms with Crippen molar-refractivity contribution in [3.05, 3.63) is 95.2 Å². The normalized spacial score (nSPS) is 10.7. The average Bonchev–Trinajstić information content (AvgIpc) is 3.43. The van der Waals surface area contributed by atoms with Gasteiger partial charge in [0.15, 0.2) is 6.61 Å². The highest BCUT2D eigenvalue weighted by molar-refractivity contribution is 5.95. The molecule has 0 spiro atoms. The molecule has 1 N–H and O–H groups in total. The van der Waals surface area contributed by atoms with E-state index in [1.807, 2.05) is 68.4 Å². The van der Waals surface area contributed by atoms with Crippen molar-refractivity contribution in [2.75, 3.05) is 11.9 Å². The highest BCUT2D eigenvalue weighted by Gasteiger charge is 2.18. The Bertz CT molecular complexity index is 1290. The van der Waals surface area contributed by atoms with Gasteiger partial charge in [0, 0.05) is 0 Å². The third-order valence-corrected chi connectivity index (χ3v) is 5.16. The van der Waals surface area contributed by atoms with Gasteiger partial charge >= 0.3 is 5.97 Å². The van der Waals surface area contributed by atoms with Gasteiger partial charge in [-0.2, -0.15) is 5.10 Å². The Morgan fingerprint density at radius 2 is 1.71 bits per heavy atom. The van der Waals surface area contributed by atoms with Crippen molar-refractivity contribution in [1.82, 2.24) is 9.78 Å². The number of amides is 1. The van der Waals surface area contributed by atoms with Crippen molar-refractivity contribution in [3.63, 3.8) is 0 Å². The minimum atomic E-state index is -0.732. The lowest BCUT2D eigenvalue weighted by molar-refractivity contribution is -0.119. The summed E-state index contributed by atoms with van der Waals surface area (Å²) < 4.78 is 17.9. The van der Waals surface area contributed by atoms with Crippen molar-refractivity contribution in [2.24, 2.45) is 0 Å². The molecular weight excluding hydrogens is 434 g/mol. The number of nitrogens with one attached hydrogen (secondary N) is 1. The highest BCUT2D eigenvalue weighted by atomic mass is 16.6. The van der Waals surface area contributed by atoms with E-state index >= 15 is 0 Å². The number of nitrogens with zero attached hydrogens (tertiary/aromatic N) is 2. The Morgan fingerprint density at radius 3 is 2.44 bits per heavy atom. The van der Waals surface area contributed by atoms with Crippen molar-refractivity contribution < 1.29 is 23.5 Å². The second kappa shape index (κ2) is 10.1. The van der Waals surface area contributed by atoms with Crippen LogP contribution in [0.3, 0.4) is 0 Å². The first-order valence-corrected chi connectivity index (χ1v) is 10.8. The van der Waals surface area contributed by atoms with Crippen LogP contribution in [0.25, 0.3) is 5.69 Å². The number of rotatable bonds is 8. The van der Waals surface area contributed by atoms with Gasteiger partial charge in [-0.15, -0.1) is 0 Å². The van der Waals surface area contributed by atoms with E-state index in [0.29, 0.717) is 22.9 Å². The lowest BCUT2D eigenvalue weighted by Crippen LogP contribution is -2.21. The summed E-state index contributed by atoms with van der Waals surface area (Å²) >= 11 is 0. The zero-order valence-electron chi connectivity index (χ0n) is 19.2. The van der Waals surface area contributed by atoms with Crippen molar-refractivity contribution >= 4 is 17.6 Å². The topological polar surface area (TPSA) is 95.6 Å². The van der Waals surface area contributed by atoms with Gasteiger partial charge in [-0.05, 0) is 57.2 Å². The summed E-state index contributed by atoms with van der Waals surface area (Å²) in [5.41, 5.74) is 4.05. The van der Waals surface area contributed by atoms with Gasteiger partial charge in [0.1, 0.15) is 18.1 Å². The summed E-state index contributed by atoms with van der Waals surface area (Å²) in [4.78, 5) is 24.7. The fourth-order valence-corrected chi connectivity index (χ4v) is 3.38. The van der Waals surface area contributed by atoms with Crippen LogP contribution in [-0.2, 0) is 16.1 Å². The smallest absolute Gasteiger partial charge is 0.374 e. The van der Waals surface area contributed by atoms with Crippen LogP contribution in [0, 0.1) is 20.8 Å². The zero-order chi connectivity index (χ0) is 24.1. The van der Waals surface area contributed by atoms with Gasteiger partial charge in [0.05, 0.1) is 22.8 Å². The van der Waals surface area contributed by atoms with E-state index in [1.165, 1.54) is 6.07 Å². The number of furan rings is 1. The number of para-hydroxylation sites is 1. The summed E-state index contributed by atoms with van der Waals surface area (Å²) in [5, 5.41) is 7.30. The van der Waals surface area contributed by atoms with E-state index in [-0.39, 0.29) is 12.4 Å². The molecule has 0 aliphatic heterocycles. The van der Waals surface area contributed by atoms with Crippen LogP contribution in [0.5, 0.6) is 5.75 Å². The standard InChI is InChI=1S/C26H25N3O5/c1-17-9-11-20(12-10-17)29-19(3)25(18(2)28-29)27-24(30)16-33-26(31)23-14-13-22(34-23)15-32-21-7-5-4-6-8-21/h4-14H,15-16H2,1-3H3,(H,27,30). The van der Waals surface area contributed by atoms with E-state index in [1.54, 1.807) is 17.7 Å². The molecule has 8 heteroatoms. The fraction of sp³-hybridized carbons (Fsp3) is 0.192. The number of esters is 1. The number of carbonyl (C=O) groups is 2. The van der Waals surface area contributed by atoms with Crippen LogP contribution in [0.2, 0.25) is 0 Å². The molecule has 0 saturated carbocycles. The Kier molecular flexibility index (Phi) is 6.77.